The largest absolute Gasteiger partial charge is 0.248 e. The minimum Gasteiger partial charge on any atom is -0.248 e. The van der Waals surface area contributed by atoms with Crippen molar-refractivity contribution in [3.05, 3.63) is 60.8 Å². The van der Waals surface area contributed by atoms with Gasteiger partial charge in [-0.15, -0.1) is 0 Å². The van der Waals surface area contributed by atoms with Gasteiger partial charge in [-0.25, -0.2) is 18.5 Å². The Bertz CT molecular complexity index is 891. The second kappa shape index (κ2) is 5.48. The molecule has 3 rings (SSSR count). The van der Waals surface area contributed by atoms with Crippen LogP contribution in [0, 0.1) is 0 Å². The minimum absolute atomic E-state index is 0.0189. The molecule has 0 unspecified atom stereocenters. The highest BCUT2D eigenvalue weighted by atomic mass is 32.2. The summed E-state index contributed by atoms with van der Waals surface area (Å²) in [6.45, 7) is 0. The topological polar surface area (TPSA) is 73.1 Å². The number of aromatic nitrogens is 1. The van der Waals surface area contributed by atoms with E-state index in [0.717, 1.165) is 15.3 Å². The summed E-state index contributed by atoms with van der Waals surface area (Å²) < 4.78 is 22.4. The molecule has 6 heteroatoms. The summed E-state index contributed by atoms with van der Waals surface area (Å²) in [7, 11) is -3.69. The third kappa shape index (κ3) is 3.24. The van der Waals surface area contributed by atoms with Crippen LogP contribution in [-0.2, 0) is 10.0 Å². The fraction of sp³-hybridized carbons (Fsp3) is 0. The van der Waals surface area contributed by atoms with E-state index in [9.17, 15) is 8.42 Å². The number of primary sulfonamides is 1. The summed E-state index contributed by atoms with van der Waals surface area (Å²) >= 11 is 1.48. The molecule has 0 atom stereocenters. The molecule has 106 valence electrons. The number of benzene rings is 2. The van der Waals surface area contributed by atoms with Gasteiger partial charge in [0, 0.05) is 11.1 Å². The lowest BCUT2D eigenvalue weighted by atomic mass is 10.1. The number of fused-ring (bicyclic) bond motifs is 1. The maximum atomic E-state index is 11.2. The van der Waals surface area contributed by atoms with Gasteiger partial charge in [0.15, 0.2) is 0 Å². The number of hydrogen-bond acceptors (Lipinski definition) is 4. The van der Waals surface area contributed by atoms with Gasteiger partial charge in [-0.3, -0.25) is 0 Å². The van der Waals surface area contributed by atoms with Crippen molar-refractivity contribution in [3.63, 3.8) is 0 Å². The molecule has 2 aromatic carbocycles. The van der Waals surface area contributed by atoms with Gasteiger partial charge in [0.05, 0.1) is 0 Å². The molecule has 0 saturated heterocycles. The normalized spacial score (nSPS) is 11.7. The van der Waals surface area contributed by atoms with E-state index in [1.54, 1.807) is 6.07 Å². The summed E-state index contributed by atoms with van der Waals surface area (Å²) in [5, 5.41) is 8.10. The van der Waals surface area contributed by atoms with E-state index in [1.165, 1.54) is 29.4 Å². The van der Waals surface area contributed by atoms with E-state index < -0.39 is 10.0 Å². The SMILES string of the molecule is NS(=O)(=O)c1ccc(Sc2ccc3ccccc3c2)nc1. The number of hydrogen-bond donors (Lipinski definition) is 1. The highest BCUT2D eigenvalue weighted by molar-refractivity contribution is 7.99. The van der Waals surface area contributed by atoms with Gasteiger partial charge in [-0.05, 0) is 35.0 Å². The van der Waals surface area contributed by atoms with Gasteiger partial charge in [-0.1, -0.05) is 42.1 Å². The van der Waals surface area contributed by atoms with Crippen molar-refractivity contribution in [2.24, 2.45) is 5.14 Å². The fourth-order valence-electron chi connectivity index (χ4n) is 1.95. The Hall–Kier alpha value is -1.89. The zero-order valence-electron chi connectivity index (χ0n) is 10.9. The predicted octanol–water partition coefficient (Wildman–Crippen LogP) is 3.03. The Morgan fingerprint density at radius 3 is 2.38 bits per heavy atom. The van der Waals surface area contributed by atoms with Crippen molar-refractivity contribution in [2.75, 3.05) is 0 Å². The molecule has 0 aliphatic carbocycles. The molecule has 3 aromatic rings. The molecule has 2 N–H and O–H groups in total. The Labute approximate surface area is 127 Å². The first-order chi connectivity index (χ1) is 10.0. The van der Waals surface area contributed by atoms with Crippen molar-refractivity contribution in [1.82, 2.24) is 4.98 Å². The maximum absolute atomic E-state index is 11.2. The van der Waals surface area contributed by atoms with Crippen LogP contribution in [0.4, 0.5) is 0 Å². The van der Waals surface area contributed by atoms with Crippen molar-refractivity contribution in [2.45, 2.75) is 14.8 Å². The standard InChI is InChI=1S/C15H12N2O2S2/c16-21(18,19)14-7-8-15(17-10-14)20-13-6-5-11-3-1-2-4-12(11)9-13/h1-10H,(H2,16,18,19). The van der Waals surface area contributed by atoms with Crippen LogP contribution >= 0.6 is 11.8 Å². The monoisotopic (exact) mass is 316 g/mol. The first-order valence-electron chi connectivity index (χ1n) is 6.18. The van der Waals surface area contributed by atoms with Crippen LogP contribution in [-0.4, -0.2) is 13.4 Å². The third-order valence-corrected chi connectivity index (χ3v) is 4.82. The molecule has 0 saturated carbocycles. The molecule has 1 aromatic heterocycles. The lowest BCUT2D eigenvalue weighted by Crippen LogP contribution is -2.12. The van der Waals surface area contributed by atoms with Gasteiger partial charge < -0.3 is 0 Å². The van der Waals surface area contributed by atoms with E-state index >= 15 is 0 Å². The van der Waals surface area contributed by atoms with Gasteiger partial charge >= 0.3 is 0 Å². The first kappa shape index (κ1) is 14.1. The lowest BCUT2D eigenvalue weighted by molar-refractivity contribution is 0.597. The van der Waals surface area contributed by atoms with Crippen LogP contribution in [0.15, 0.2) is 75.6 Å². The van der Waals surface area contributed by atoms with Crippen LogP contribution in [0.1, 0.15) is 0 Å². The number of nitrogens with zero attached hydrogens (tertiary/aromatic N) is 1. The van der Waals surface area contributed by atoms with Crippen LogP contribution < -0.4 is 5.14 Å². The predicted molar refractivity (Wildman–Crippen MR) is 83.7 cm³/mol. The zero-order chi connectivity index (χ0) is 14.9. The second-order valence-corrected chi connectivity index (χ2v) is 7.14. The highest BCUT2D eigenvalue weighted by Crippen LogP contribution is 2.29. The molecule has 0 fully saturated rings. The number of nitrogens with two attached hydrogens (primary N) is 1. The summed E-state index contributed by atoms with van der Waals surface area (Å²) in [4.78, 5) is 5.19. The molecule has 0 bridgehead atoms. The van der Waals surface area contributed by atoms with E-state index in [0.29, 0.717) is 0 Å². The molecule has 0 amide bonds. The van der Waals surface area contributed by atoms with Crippen molar-refractivity contribution >= 4 is 32.6 Å². The van der Waals surface area contributed by atoms with Gasteiger partial charge in [0.1, 0.15) is 9.92 Å². The quantitative estimate of drug-likeness (QED) is 0.806. The molecule has 21 heavy (non-hydrogen) atoms. The number of rotatable bonds is 3. The number of sulfonamides is 1. The molecule has 0 aliphatic heterocycles. The number of pyridine rings is 1. The van der Waals surface area contributed by atoms with E-state index in [4.69, 9.17) is 5.14 Å². The van der Waals surface area contributed by atoms with Crippen LogP contribution in [0.2, 0.25) is 0 Å². The Kier molecular flexibility index (Phi) is 3.67. The average molecular weight is 316 g/mol. The first-order valence-corrected chi connectivity index (χ1v) is 8.54. The second-order valence-electron chi connectivity index (χ2n) is 4.49. The van der Waals surface area contributed by atoms with Gasteiger partial charge in [-0.2, -0.15) is 0 Å². The highest BCUT2D eigenvalue weighted by Gasteiger charge is 2.08. The molecule has 0 spiro atoms. The maximum Gasteiger partial charge on any atom is 0.239 e. The molecular weight excluding hydrogens is 304 g/mol. The van der Waals surface area contributed by atoms with Gasteiger partial charge in [0.2, 0.25) is 10.0 Å². The summed E-state index contributed by atoms with van der Waals surface area (Å²) in [5.74, 6) is 0. The van der Waals surface area contributed by atoms with Crippen molar-refractivity contribution < 1.29 is 8.42 Å². The smallest absolute Gasteiger partial charge is 0.239 e. The summed E-state index contributed by atoms with van der Waals surface area (Å²) in [5.41, 5.74) is 0. The molecular formula is C15H12N2O2S2. The van der Waals surface area contributed by atoms with E-state index in [2.05, 4.69) is 29.2 Å². The van der Waals surface area contributed by atoms with Crippen molar-refractivity contribution in [3.8, 4) is 0 Å². The molecule has 0 aliphatic rings. The van der Waals surface area contributed by atoms with Gasteiger partial charge in [0.25, 0.3) is 0 Å². The average Bonchev–Trinajstić information content (AvgIpc) is 2.47. The zero-order valence-corrected chi connectivity index (χ0v) is 12.6. The Morgan fingerprint density at radius 2 is 1.71 bits per heavy atom. The Morgan fingerprint density at radius 1 is 0.952 bits per heavy atom. The summed E-state index contributed by atoms with van der Waals surface area (Å²) in [6.07, 6.45) is 1.28. The molecule has 0 radical (unpaired) electrons. The molecule has 4 nitrogen and oxygen atoms in total. The van der Waals surface area contributed by atoms with Crippen molar-refractivity contribution in [1.29, 1.82) is 0 Å². The minimum atomic E-state index is -3.69. The lowest BCUT2D eigenvalue weighted by Gasteiger charge is -2.04. The van der Waals surface area contributed by atoms with Crippen LogP contribution in [0.25, 0.3) is 10.8 Å². The van der Waals surface area contributed by atoms with E-state index in [1.807, 2.05) is 18.2 Å². The van der Waals surface area contributed by atoms with Crippen LogP contribution in [0.5, 0.6) is 0 Å². The van der Waals surface area contributed by atoms with Crippen LogP contribution in [0.3, 0.4) is 0 Å². The summed E-state index contributed by atoms with van der Waals surface area (Å²) in [6, 6.07) is 17.4. The van der Waals surface area contributed by atoms with E-state index in [-0.39, 0.29) is 4.90 Å². The Balaban J connectivity index is 1.88. The third-order valence-electron chi connectivity index (χ3n) is 2.98. The molecule has 1 heterocycles. The fourth-order valence-corrected chi connectivity index (χ4v) is 3.21.